The minimum Gasteiger partial charge on any atom is -0.347 e. The highest BCUT2D eigenvalue weighted by Gasteiger charge is 2.46. The molecule has 0 spiro atoms. The molecule has 0 bridgehead atoms. The predicted molar refractivity (Wildman–Crippen MR) is 96.1 cm³/mol. The summed E-state index contributed by atoms with van der Waals surface area (Å²) >= 11 is 1.50. The van der Waals surface area contributed by atoms with E-state index in [1.807, 2.05) is 29.7 Å². The van der Waals surface area contributed by atoms with Gasteiger partial charge in [-0.1, -0.05) is 23.4 Å². The number of likely N-dealkylation sites (tertiary alicyclic amines) is 1. The first-order chi connectivity index (χ1) is 13.1. The van der Waals surface area contributed by atoms with E-state index < -0.39 is 0 Å². The Hall–Kier alpha value is -2.81. The van der Waals surface area contributed by atoms with Crippen LogP contribution in [0.1, 0.15) is 25.2 Å². The molecular formula is C18H18N4O4S. The zero-order chi connectivity index (χ0) is 18.8. The van der Waals surface area contributed by atoms with E-state index in [0.29, 0.717) is 24.6 Å². The van der Waals surface area contributed by atoms with Crippen molar-refractivity contribution in [1.29, 1.82) is 0 Å². The average molecular weight is 386 g/mol. The lowest BCUT2D eigenvalue weighted by Gasteiger charge is -2.14. The van der Waals surface area contributed by atoms with Crippen LogP contribution < -0.4 is 5.32 Å². The summed E-state index contributed by atoms with van der Waals surface area (Å²) in [4.78, 5) is 43.1. The quantitative estimate of drug-likeness (QED) is 0.599. The van der Waals surface area contributed by atoms with Gasteiger partial charge in [-0.15, -0.1) is 11.3 Å². The van der Waals surface area contributed by atoms with Crippen LogP contribution in [0.2, 0.25) is 0 Å². The minimum absolute atomic E-state index is 0.0519. The molecule has 3 heterocycles. The molecule has 4 rings (SSSR count). The summed E-state index contributed by atoms with van der Waals surface area (Å²) in [6, 6.07) is 3.78. The summed E-state index contributed by atoms with van der Waals surface area (Å²) in [5, 5.41) is 8.47. The standard InChI is InChI=1S/C18H18N4O4S/c23-14(19-10-15-20-16(21-26-15)13-6-3-9-27-13)7-8-22-17(24)11-4-1-2-5-12(11)18(22)25/h1-3,6,9,11-12H,4-5,7-8,10H2,(H,19,23)/t11-,12+. The molecule has 1 fully saturated rings. The molecule has 0 saturated carbocycles. The number of amides is 3. The molecule has 9 heteroatoms. The molecule has 3 amide bonds. The molecule has 1 aliphatic carbocycles. The van der Waals surface area contributed by atoms with E-state index >= 15 is 0 Å². The molecule has 0 radical (unpaired) electrons. The Morgan fingerprint density at radius 3 is 2.67 bits per heavy atom. The normalized spacial score (nSPS) is 21.6. The third-order valence-electron chi connectivity index (χ3n) is 4.81. The van der Waals surface area contributed by atoms with Gasteiger partial charge in [-0.3, -0.25) is 19.3 Å². The van der Waals surface area contributed by atoms with Gasteiger partial charge >= 0.3 is 0 Å². The Bertz CT molecular complexity index is 863. The lowest BCUT2D eigenvalue weighted by molar-refractivity contribution is -0.140. The molecule has 2 aliphatic rings. The molecule has 140 valence electrons. The molecule has 8 nitrogen and oxygen atoms in total. The van der Waals surface area contributed by atoms with Crippen LogP contribution in [0.15, 0.2) is 34.2 Å². The van der Waals surface area contributed by atoms with Crippen LogP contribution in [0.5, 0.6) is 0 Å². The third kappa shape index (κ3) is 3.55. The first-order valence-corrected chi connectivity index (χ1v) is 9.65. The molecule has 2 atom stereocenters. The highest BCUT2D eigenvalue weighted by atomic mass is 32.1. The van der Waals surface area contributed by atoms with Gasteiger partial charge in [0.15, 0.2) is 0 Å². The number of hydrogen-bond acceptors (Lipinski definition) is 7. The van der Waals surface area contributed by atoms with Crippen molar-refractivity contribution < 1.29 is 18.9 Å². The van der Waals surface area contributed by atoms with Gasteiger partial charge in [0.05, 0.1) is 23.3 Å². The summed E-state index contributed by atoms with van der Waals surface area (Å²) in [6.45, 7) is 0.203. The second-order valence-corrected chi connectivity index (χ2v) is 7.45. The number of fused-ring (bicyclic) bond motifs is 1. The van der Waals surface area contributed by atoms with E-state index in [-0.39, 0.29) is 49.1 Å². The van der Waals surface area contributed by atoms with Crippen LogP contribution in [0.4, 0.5) is 0 Å². The molecule has 1 saturated heterocycles. The summed E-state index contributed by atoms with van der Waals surface area (Å²) in [5.74, 6) is -0.353. The van der Waals surface area contributed by atoms with Crippen molar-refractivity contribution in [2.24, 2.45) is 11.8 Å². The van der Waals surface area contributed by atoms with Gasteiger partial charge in [0.1, 0.15) is 0 Å². The molecule has 0 unspecified atom stereocenters. The van der Waals surface area contributed by atoms with Crippen LogP contribution in [0, 0.1) is 11.8 Å². The molecule has 0 aromatic carbocycles. The lowest BCUT2D eigenvalue weighted by atomic mass is 9.85. The van der Waals surface area contributed by atoms with Crippen molar-refractivity contribution in [3.05, 3.63) is 35.6 Å². The van der Waals surface area contributed by atoms with Crippen molar-refractivity contribution in [3.8, 4) is 10.7 Å². The fraction of sp³-hybridized carbons (Fsp3) is 0.389. The third-order valence-corrected chi connectivity index (χ3v) is 5.67. The summed E-state index contributed by atoms with van der Waals surface area (Å²) in [5.41, 5.74) is 0. The highest BCUT2D eigenvalue weighted by molar-refractivity contribution is 7.13. The summed E-state index contributed by atoms with van der Waals surface area (Å²) in [6.07, 6.45) is 5.13. The van der Waals surface area contributed by atoms with Crippen molar-refractivity contribution in [2.45, 2.75) is 25.8 Å². The maximum Gasteiger partial charge on any atom is 0.246 e. The minimum atomic E-state index is -0.278. The molecular weight excluding hydrogens is 368 g/mol. The largest absolute Gasteiger partial charge is 0.347 e. The van der Waals surface area contributed by atoms with Gasteiger partial charge in [-0.05, 0) is 24.3 Å². The molecule has 1 aliphatic heterocycles. The van der Waals surface area contributed by atoms with E-state index in [9.17, 15) is 14.4 Å². The van der Waals surface area contributed by atoms with Crippen LogP contribution in [-0.2, 0) is 20.9 Å². The number of carbonyl (C=O) groups is 3. The number of thiophene rings is 1. The van der Waals surface area contributed by atoms with Crippen molar-refractivity contribution in [3.63, 3.8) is 0 Å². The summed E-state index contributed by atoms with van der Waals surface area (Å²) < 4.78 is 5.12. The maximum absolute atomic E-state index is 12.4. The van der Waals surface area contributed by atoms with E-state index in [2.05, 4.69) is 15.5 Å². The zero-order valence-electron chi connectivity index (χ0n) is 14.5. The number of allylic oxidation sites excluding steroid dienone is 2. The van der Waals surface area contributed by atoms with Gasteiger partial charge in [0, 0.05) is 13.0 Å². The number of nitrogens with zero attached hydrogens (tertiary/aromatic N) is 3. The second-order valence-electron chi connectivity index (χ2n) is 6.50. The number of imide groups is 1. The Kier molecular flexibility index (Phi) is 4.85. The number of hydrogen-bond donors (Lipinski definition) is 1. The Morgan fingerprint density at radius 1 is 1.26 bits per heavy atom. The highest BCUT2D eigenvalue weighted by Crippen LogP contribution is 2.34. The van der Waals surface area contributed by atoms with Gasteiger partial charge in [-0.2, -0.15) is 4.98 Å². The van der Waals surface area contributed by atoms with Crippen molar-refractivity contribution >= 4 is 29.1 Å². The van der Waals surface area contributed by atoms with E-state index in [1.165, 1.54) is 16.2 Å². The van der Waals surface area contributed by atoms with Gasteiger partial charge in [-0.25, -0.2) is 0 Å². The van der Waals surface area contributed by atoms with Crippen LogP contribution in [0.25, 0.3) is 10.7 Å². The van der Waals surface area contributed by atoms with Crippen LogP contribution in [0.3, 0.4) is 0 Å². The number of carbonyl (C=O) groups excluding carboxylic acids is 3. The Balaban J connectivity index is 1.27. The van der Waals surface area contributed by atoms with E-state index in [4.69, 9.17) is 4.52 Å². The first kappa shape index (κ1) is 17.6. The van der Waals surface area contributed by atoms with E-state index in [1.54, 1.807) is 0 Å². The number of rotatable bonds is 6. The molecule has 2 aromatic rings. The molecule has 2 aromatic heterocycles. The van der Waals surface area contributed by atoms with E-state index in [0.717, 1.165) is 4.88 Å². The average Bonchev–Trinajstić information content (AvgIpc) is 3.41. The number of aromatic nitrogens is 2. The van der Waals surface area contributed by atoms with Crippen LogP contribution >= 0.6 is 11.3 Å². The predicted octanol–water partition coefficient (Wildman–Crippen LogP) is 1.76. The number of nitrogens with one attached hydrogen (secondary N) is 1. The smallest absolute Gasteiger partial charge is 0.246 e. The SMILES string of the molecule is O=C(CCN1C(=O)[C@H]2CC=CC[C@H]2C1=O)NCc1nc(-c2cccs2)no1. The maximum atomic E-state index is 12.4. The topological polar surface area (TPSA) is 105 Å². The molecule has 1 N–H and O–H groups in total. The van der Waals surface area contributed by atoms with Crippen molar-refractivity contribution in [1.82, 2.24) is 20.4 Å². The first-order valence-electron chi connectivity index (χ1n) is 8.77. The fourth-order valence-electron chi connectivity index (χ4n) is 3.40. The Morgan fingerprint density at radius 2 is 2.00 bits per heavy atom. The monoisotopic (exact) mass is 386 g/mol. The second kappa shape index (κ2) is 7.43. The Labute approximate surface area is 159 Å². The summed E-state index contributed by atoms with van der Waals surface area (Å²) in [7, 11) is 0. The zero-order valence-corrected chi connectivity index (χ0v) is 15.3. The van der Waals surface area contributed by atoms with Gasteiger partial charge < -0.3 is 9.84 Å². The van der Waals surface area contributed by atoms with Gasteiger partial charge in [0.25, 0.3) is 0 Å². The van der Waals surface area contributed by atoms with Gasteiger partial charge in [0.2, 0.25) is 29.4 Å². The molecule has 27 heavy (non-hydrogen) atoms. The van der Waals surface area contributed by atoms with Crippen molar-refractivity contribution in [2.75, 3.05) is 6.54 Å². The van der Waals surface area contributed by atoms with Crippen LogP contribution in [-0.4, -0.2) is 39.3 Å². The lowest BCUT2D eigenvalue weighted by Crippen LogP contribution is -2.35. The fourth-order valence-corrected chi connectivity index (χ4v) is 4.05.